The average molecular weight is 298 g/mol. The normalized spacial score (nSPS) is 8.00. The Morgan fingerprint density at radius 1 is 0.778 bits per heavy atom. The van der Waals surface area contributed by atoms with Crippen LogP contribution >= 0.6 is 0 Å². The summed E-state index contributed by atoms with van der Waals surface area (Å²) in [5.74, 6) is 0. The first-order valence-electron chi connectivity index (χ1n) is 0.955. The van der Waals surface area contributed by atoms with Gasteiger partial charge in [0.15, 0.2) is 0 Å². The van der Waals surface area contributed by atoms with Crippen LogP contribution in [0.4, 0.5) is 0 Å². The molecule has 0 aliphatic heterocycles. The third kappa shape index (κ3) is 162. The molecule has 0 aromatic heterocycles. The van der Waals surface area contributed by atoms with E-state index in [0.717, 1.165) is 0 Å². The minimum Gasteiger partial charge on any atom is -0.372 e. The molecule has 0 saturated heterocycles. The monoisotopic (exact) mass is 296 g/mol. The number of halogens is 2. The molecule has 9 heteroatoms. The molecule has 0 rings (SSSR count). The first-order chi connectivity index (χ1) is 3.46. The molecule has 54 valence electrons. The van der Waals surface area contributed by atoms with Crippen molar-refractivity contribution >= 4 is 37.7 Å². The zero-order valence-corrected chi connectivity index (χ0v) is 9.37. The summed E-state index contributed by atoms with van der Waals surface area (Å²) in [6.07, 6.45) is 0. The second kappa shape index (κ2) is 12.6. The van der Waals surface area contributed by atoms with E-state index in [1.807, 2.05) is 0 Å². The van der Waals surface area contributed by atoms with Gasteiger partial charge >= 0.3 is 29.6 Å². The fraction of sp³-hybridized carbons (Fsp3) is 0. The first kappa shape index (κ1) is 17.2. The van der Waals surface area contributed by atoms with Crippen LogP contribution in [0.3, 0.4) is 0 Å². The van der Waals surface area contributed by atoms with E-state index in [1.54, 1.807) is 0 Å². The summed E-state index contributed by atoms with van der Waals surface area (Å²) in [4.78, 5) is 0. The Morgan fingerprint density at radius 3 is 0.778 bits per heavy atom. The third-order valence-corrected chi connectivity index (χ3v) is 0. The minimum atomic E-state index is -3.40. The van der Waals surface area contributed by atoms with Gasteiger partial charge in [-0.15, -0.1) is 0 Å². The fourth-order valence-electron chi connectivity index (χ4n) is 0. The maximum Gasteiger partial charge on any atom is 0.433 e. The van der Waals surface area contributed by atoms with E-state index in [0.29, 0.717) is 0 Å². The van der Waals surface area contributed by atoms with E-state index in [4.69, 9.17) is 25.2 Å². The van der Waals surface area contributed by atoms with Gasteiger partial charge in [-0.2, -0.15) is 0 Å². The molecule has 0 heterocycles. The van der Waals surface area contributed by atoms with Crippen molar-refractivity contribution in [2.45, 2.75) is 0 Å². The van der Waals surface area contributed by atoms with E-state index in [-0.39, 0.29) is 37.7 Å². The van der Waals surface area contributed by atoms with Crippen LogP contribution in [-0.2, 0) is 0 Å². The summed E-state index contributed by atoms with van der Waals surface area (Å²) in [7, 11) is 0. The largest absolute Gasteiger partial charge is 0.433 e. The first-order valence-corrected chi connectivity index (χ1v) is 4.96. The summed E-state index contributed by atoms with van der Waals surface area (Å²) >= 11 is -6.79. The van der Waals surface area contributed by atoms with Crippen LogP contribution in [0, 0.1) is 29.6 Å². The molecule has 0 aromatic carbocycles. The number of rotatable bonds is 0. The molecule has 0 unspecified atom stereocenters. The van der Waals surface area contributed by atoms with Gasteiger partial charge in [-0.05, 0) is 8.40 Å². The third-order valence-electron chi connectivity index (χ3n) is 0. The van der Waals surface area contributed by atoms with E-state index in [9.17, 15) is 0 Å². The predicted octanol–water partition coefficient (Wildman–Crippen LogP) is -6.25. The molecule has 2 radical (unpaired) electrons. The van der Waals surface area contributed by atoms with E-state index >= 15 is 0 Å². The van der Waals surface area contributed by atoms with Crippen LogP contribution in [0.1, 0.15) is 0 Å². The maximum absolute atomic E-state index is 8.63. The zero-order chi connectivity index (χ0) is 7.15. The number of hydrogen-bond acceptors (Lipinski definition) is 6. The predicted molar refractivity (Wildman–Crippen MR) is 10.2 cm³/mol. The molecule has 0 aromatic rings. The van der Waals surface area contributed by atoms with Gasteiger partial charge in [-0.25, -0.2) is 0 Å². The van der Waals surface area contributed by atoms with Crippen molar-refractivity contribution in [3.63, 3.8) is 0 Å². The van der Waals surface area contributed by atoms with E-state index in [2.05, 4.69) is 0 Å². The van der Waals surface area contributed by atoms with E-state index in [1.165, 1.54) is 0 Å². The summed E-state index contributed by atoms with van der Waals surface area (Å²) in [5, 5.41) is 0. The SMILES string of the molecule is [Ca].[O-][Br+2]([O-])O.[O-][Br+2]([O-])O. The summed E-state index contributed by atoms with van der Waals surface area (Å²) in [6.45, 7) is 0. The van der Waals surface area contributed by atoms with Crippen LogP contribution in [0.15, 0.2) is 0 Å². The molecule has 0 spiro atoms. The molecule has 0 atom stereocenters. The van der Waals surface area contributed by atoms with E-state index < -0.39 is 29.6 Å². The van der Waals surface area contributed by atoms with Gasteiger partial charge in [-0.3, -0.25) is 0 Å². The van der Waals surface area contributed by atoms with Gasteiger partial charge in [0.1, 0.15) is 0 Å². The fourth-order valence-corrected chi connectivity index (χ4v) is 0. The Hall–Kier alpha value is 1.98. The standard InChI is InChI=1S/2BrHO3.Ca/c2*2-1(3)4;/h2*2H;. The Labute approximate surface area is 91.4 Å². The topological polar surface area (TPSA) is 133 Å². The Morgan fingerprint density at radius 2 is 0.778 bits per heavy atom. The Kier molecular flexibility index (Phi) is 24.1. The van der Waals surface area contributed by atoms with Gasteiger partial charge in [0.2, 0.25) is 0 Å². The van der Waals surface area contributed by atoms with Crippen LogP contribution in [0.5, 0.6) is 0 Å². The van der Waals surface area contributed by atoms with Crippen molar-refractivity contribution in [2.75, 3.05) is 0 Å². The summed E-state index contributed by atoms with van der Waals surface area (Å²) < 4.78 is 48.6. The second-order valence-electron chi connectivity index (χ2n) is 0.402. The van der Waals surface area contributed by atoms with Crippen molar-refractivity contribution < 1.29 is 54.8 Å². The van der Waals surface area contributed by atoms with Crippen molar-refractivity contribution in [3.05, 3.63) is 0 Å². The zero-order valence-electron chi connectivity index (χ0n) is 3.99. The van der Waals surface area contributed by atoms with Crippen LogP contribution in [-0.4, -0.2) is 46.1 Å². The van der Waals surface area contributed by atoms with Crippen LogP contribution in [0.25, 0.3) is 0 Å². The summed E-state index contributed by atoms with van der Waals surface area (Å²) in [5.41, 5.74) is 0. The van der Waals surface area contributed by atoms with Gasteiger partial charge < -0.3 is 16.8 Å². The quantitative estimate of drug-likeness (QED) is 0.427. The maximum atomic E-state index is 8.63. The minimum absolute atomic E-state index is 0. The Bertz CT molecular complexity index is 26.5. The molecular formula is H2Br2CaO6. The molecule has 0 aliphatic rings. The smallest absolute Gasteiger partial charge is 0.372 e. The van der Waals surface area contributed by atoms with Gasteiger partial charge in [-0.1, -0.05) is 0 Å². The van der Waals surface area contributed by atoms with Gasteiger partial charge in [0, 0.05) is 37.7 Å². The van der Waals surface area contributed by atoms with Crippen molar-refractivity contribution in [2.24, 2.45) is 0 Å². The second-order valence-corrected chi connectivity index (χ2v) is 2.09. The Balaban J connectivity index is -0.0000000720. The summed E-state index contributed by atoms with van der Waals surface area (Å²) in [6, 6.07) is 0. The van der Waals surface area contributed by atoms with Crippen LogP contribution < -0.4 is 16.8 Å². The molecule has 0 bridgehead atoms. The molecule has 0 fully saturated rings. The molecule has 9 heavy (non-hydrogen) atoms. The molecule has 0 amide bonds. The average Bonchev–Trinajstić information content (AvgIpc) is 1.25. The molecule has 2 N–H and O–H groups in total. The van der Waals surface area contributed by atoms with Crippen molar-refractivity contribution in [1.29, 1.82) is 0 Å². The molecule has 6 nitrogen and oxygen atoms in total. The van der Waals surface area contributed by atoms with Gasteiger partial charge in [0.05, 0.1) is 0 Å². The van der Waals surface area contributed by atoms with Crippen molar-refractivity contribution in [1.82, 2.24) is 0 Å². The van der Waals surface area contributed by atoms with Gasteiger partial charge in [0.25, 0.3) is 0 Å². The van der Waals surface area contributed by atoms with Crippen molar-refractivity contribution in [3.8, 4) is 0 Å². The molecule has 0 saturated carbocycles. The number of hydrogen-bond donors (Lipinski definition) is 2. The molecular weight excluding hydrogens is 296 g/mol. The molecule has 0 aliphatic carbocycles. The van der Waals surface area contributed by atoms with Crippen LogP contribution in [0.2, 0.25) is 0 Å².